The molecule has 1 aliphatic rings. The average Bonchev–Trinajstić information content (AvgIpc) is 3.63. The van der Waals surface area contributed by atoms with E-state index in [4.69, 9.17) is 9.47 Å². The van der Waals surface area contributed by atoms with Gasteiger partial charge in [-0.25, -0.2) is 4.90 Å². The Labute approximate surface area is 177 Å². The number of ether oxygens (including phenoxy) is 2. The van der Waals surface area contributed by atoms with Gasteiger partial charge in [0.15, 0.2) is 0 Å². The van der Waals surface area contributed by atoms with Crippen LogP contribution >= 0.6 is 0 Å². The first kappa shape index (κ1) is 20.2. The second-order valence-electron chi connectivity index (χ2n) is 6.82. The van der Waals surface area contributed by atoms with Crippen molar-refractivity contribution in [3.8, 4) is 5.75 Å². The van der Waals surface area contributed by atoms with Gasteiger partial charge in [-0.3, -0.25) is 19.7 Å². The molecule has 0 aliphatic carbocycles. The highest BCUT2D eigenvalue weighted by atomic mass is 16.6. The molecule has 1 saturated heterocycles. The second-order valence-corrected chi connectivity index (χ2v) is 6.82. The Morgan fingerprint density at radius 2 is 1.61 bits per heavy atom. The minimum Gasteiger partial charge on any atom is -0.483 e. The monoisotopic (exact) mass is 418 g/mol. The largest absolute Gasteiger partial charge is 0.483 e. The standard InChI is InChI=1S/C23H18N2O6/c26-22(16-8-3-1-4-9-16)24(17-10-5-2-6-11-17)23(27)19-12-7-13-20(25(28)29)21(19)31-15-18-14-30-18/h1-13,18H,14-15H2. The lowest BCUT2D eigenvalue weighted by Gasteiger charge is -2.22. The molecule has 1 atom stereocenters. The van der Waals surface area contributed by atoms with Crippen LogP contribution in [0.3, 0.4) is 0 Å². The maximum atomic E-state index is 13.6. The molecule has 2 amide bonds. The Kier molecular flexibility index (Phi) is 5.72. The molecule has 1 heterocycles. The first-order valence-corrected chi connectivity index (χ1v) is 9.57. The minimum atomic E-state index is -0.726. The van der Waals surface area contributed by atoms with E-state index in [-0.39, 0.29) is 29.7 Å². The summed E-state index contributed by atoms with van der Waals surface area (Å²) < 4.78 is 10.7. The van der Waals surface area contributed by atoms with Crippen LogP contribution in [0.25, 0.3) is 0 Å². The molecule has 3 aromatic rings. The summed E-state index contributed by atoms with van der Waals surface area (Å²) in [6, 6.07) is 20.8. The molecule has 0 saturated carbocycles. The van der Waals surface area contributed by atoms with E-state index in [9.17, 15) is 19.7 Å². The van der Waals surface area contributed by atoms with Gasteiger partial charge in [0.25, 0.3) is 11.8 Å². The molecular weight excluding hydrogens is 400 g/mol. The topological polar surface area (TPSA) is 102 Å². The van der Waals surface area contributed by atoms with Gasteiger partial charge >= 0.3 is 5.69 Å². The smallest absolute Gasteiger partial charge is 0.311 e. The molecule has 1 aliphatic heterocycles. The Hall–Kier alpha value is -4.04. The van der Waals surface area contributed by atoms with Gasteiger partial charge in [0.1, 0.15) is 12.7 Å². The molecule has 1 unspecified atom stereocenters. The van der Waals surface area contributed by atoms with E-state index < -0.39 is 16.7 Å². The van der Waals surface area contributed by atoms with Crippen LogP contribution in [0.1, 0.15) is 20.7 Å². The third kappa shape index (κ3) is 4.44. The van der Waals surface area contributed by atoms with Crippen molar-refractivity contribution in [3.63, 3.8) is 0 Å². The quantitative estimate of drug-likeness (QED) is 0.250. The van der Waals surface area contributed by atoms with Crippen LogP contribution in [0.15, 0.2) is 78.9 Å². The first-order chi connectivity index (χ1) is 15.1. The lowest BCUT2D eigenvalue weighted by Crippen LogP contribution is -2.37. The minimum absolute atomic E-state index is 0.0725. The summed E-state index contributed by atoms with van der Waals surface area (Å²) in [6.45, 7) is 0.565. The highest BCUT2D eigenvalue weighted by Gasteiger charge is 2.33. The normalized spacial score (nSPS) is 14.5. The number of carbonyl (C=O) groups is 2. The predicted molar refractivity (Wildman–Crippen MR) is 112 cm³/mol. The van der Waals surface area contributed by atoms with Crippen LogP contribution < -0.4 is 9.64 Å². The first-order valence-electron chi connectivity index (χ1n) is 9.57. The summed E-state index contributed by atoms with van der Waals surface area (Å²) in [5, 5.41) is 11.6. The molecule has 0 radical (unpaired) electrons. The molecule has 31 heavy (non-hydrogen) atoms. The van der Waals surface area contributed by atoms with E-state index in [2.05, 4.69) is 0 Å². The number of rotatable bonds is 7. The highest BCUT2D eigenvalue weighted by molar-refractivity contribution is 6.26. The summed E-state index contributed by atoms with van der Waals surface area (Å²) in [5.41, 5.74) is 0.206. The Morgan fingerprint density at radius 3 is 2.23 bits per heavy atom. The number of imide groups is 1. The van der Waals surface area contributed by atoms with E-state index >= 15 is 0 Å². The fourth-order valence-corrected chi connectivity index (χ4v) is 3.06. The number of nitro benzene ring substituents is 1. The number of anilines is 1. The van der Waals surface area contributed by atoms with Crippen molar-refractivity contribution in [2.24, 2.45) is 0 Å². The molecule has 1 fully saturated rings. The summed E-state index contributed by atoms with van der Waals surface area (Å²) >= 11 is 0. The number of nitro groups is 1. The predicted octanol–water partition coefficient (Wildman–Crippen LogP) is 3.86. The van der Waals surface area contributed by atoms with Crippen molar-refractivity contribution in [1.82, 2.24) is 0 Å². The van der Waals surface area contributed by atoms with Crippen molar-refractivity contribution in [2.75, 3.05) is 18.1 Å². The molecule has 0 spiro atoms. The summed E-state index contributed by atoms with van der Waals surface area (Å²) in [7, 11) is 0. The van der Waals surface area contributed by atoms with E-state index in [1.54, 1.807) is 60.7 Å². The molecule has 4 rings (SSSR count). The maximum absolute atomic E-state index is 13.6. The van der Waals surface area contributed by atoms with Crippen LogP contribution in [-0.2, 0) is 4.74 Å². The van der Waals surface area contributed by atoms with Gasteiger partial charge in [-0.05, 0) is 30.3 Å². The van der Waals surface area contributed by atoms with Gasteiger partial charge in [0, 0.05) is 11.6 Å². The third-order valence-corrected chi connectivity index (χ3v) is 4.68. The van der Waals surface area contributed by atoms with Crippen LogP contribution in [-0.4, -0.2) is 36.1 Å². The van der Waals surface area contributed by atoms with Crippen LogP contribution in [0.5, 0.6) is 5.75 Å². The second kappa shape index (κ2) is 8.76. The SMILES string of the molecule is O=C(c1ccccc1)N(C(=O)c1cccc([N+](=O)[O-])c1OCC1CO1)c1ccccc1. The van der Waals surface area contributed by atoms with Crippen LogP contribution in [0.2, 0.25) is 0 Å². The molecular formula is C23H18N2O6. The molecule has 8 heteroatoms. The number of hydrogen-bond acceptors (Lipinski definition) is 6. The number of epoxide rings is 1. The Bertz CT molecular complexity index is 1110. The van der Waals surface area contributed by atoms with Crippen molar-refractivity contribution in [2.45, 2.75) is 6.10 Å². The van der Waals surface area contributed by atoms with E-state index in [0.29, 0.717) is 17.9 Å². The van der Waals surface area contributed by atoms with Gasteiger partial charge in [0.2, 0.25) is 5.75 Å². The molecule has 3 aromatic carbocycles. The lowest BCUT2D eigenvalue weighted by atomic mass is 10.1. The van der Waals surface area contributed by atoms with Gasteiger partial charge in [-0.15, -0.1) is 0 Å². The zero-order valence-corrected chi connectivity index (χ0v) is 16.3. The van der Waals surface area contributed by atoms with Crippen molar-refractivity contribution in [1.29, 1.82) is 0 Å². The fourth-order valence-electron chi connectivity index (χ4n) is 3.06. The Morgan fingerprint density at radius 1 is 0.968 bits per heavy atom. The highest BCUT2D eigenvalue weighted by Crippen LogP contribution is 2.34. The number of nitrogens with zero attached hydrogens (tertiary/aromatic N) is 2. The number of benzene rings is 3. The van der Waals surface area contributed by atoms with E-state index in [1.165, 1.54) is 18.2 Å². The molecule has 0 bridgehead atoms. The molecule has 0 N–H and O–H groups in total. The van der Waals surface area contributed by atoms with E-state index in [0.717, 1.165) is 4.90 Å². The molecule has 156 valence electrons. The van der Waals surface area contributed by atoms with Gasteiger partial charge in [0.05, 0.1) is 22.8 Å². The third-order valence-electron chi connectivity index (χ3n) is 4.68. The van der Waals surface area contributed by atoms with Crippen molar-refractivity contribution >= 4 is 23.2 Å². The molecule has 8 nitrogen and oxygen atoms in total. The maximum Gasteiger partial charge on any atom is 0.311 e. The van der Waals surface area contributed by atoms with Crippen molar-refractivity contribution < 1.29 is 24.0 Å². The summed E-state index contributed by atoms with van der Waals surface area (Å²) in [4.78, 5) is 38.8. The lowest BCUT2D eigenvalue weighted by molar-refractivity contribution is -0.385. The van der Waals surface area contributed by atoms with Gasteiger partial charge in [-0.1, -0.05) is 42.5 Å². The van der Waals surface area contributed by atoms with Gasteiger partial charge < -0.3 is 9.47 Å². The summed E-state index contributed by atoms with van der Waals surface area (Å²) in [6.07, 6.45) is -0.168. The number of amides is 2. The van der Waals surface area contributed by atoms with E-state index in [1.807, 2.05) is 0 Å². The zero-order chi connectivity index (χ0) is 21.8. The zero-order valence-electron chi connectivity index (χ0n) is 16.3. The van der Waals surface area contributed by atoms with Gasteiger partial charge in [-0.2, -0.15) is 0 Å². The molecule has 0 aromatic heterocycles. The number of para-hydroxylation sites is 2. The summed E-state index contributed by atoms with van der Waals surface area (Å²) in [5.74, 6) is -1.47. The number of carbonyl (C=O) groups excluding carboxylic acids is 2. The number of hydrogen-bond donors (Lipinski definition) is 0. The van der Waals surface area contributed by atoms with Crippen molar-refractivity contribution in [3.05, 3.63) is 100 Å². The average molecular weight is 418 g/mol. The van der Waals surface area contributed by atoms with Crippen LogP contribution in [0, 0.1) is 10.1 Å². The Balaban J connectivity index is 1.79. The van der Waals surface area contributed by atoms with Crippen LogP contribution in [0.4, 0.5) is 11.4 Å². The fraction of sp³-hybridized carbons (Fsp3) is 0.130.